The fraction of sp³-hybridized carbons (Fsp3) is 0.188. The molecule has 4 heteroatoms. The van der Waals surface area contributed by atoms with Gasteiger partial charge in [0, 0.05) is 7.05 Å². The number of rotatable bonds is 2. The topological polar surface area (TPSA) is 43.8 Å². The third-order valence-electron chi connectivity index (χ3n) is 3.48. The molecule has 2 aromatic heterocycles. The monoisotopic (exact) mass is 283 g/mol. The molecule has 0 aliphatic rings. The Hall–Kier alpha value is -2.07. The molecule has 0 bridgehead atoms. The molecule has 2 heterocycles. The van der Waals surface area contributed by atoms with Gasteiger partial charge in [-0.1, -0.05) is 29.8 Å². The zero-order valence-electron chi connectivity index (χ0n) is 11.8. The summed E-state index contributed by atoms with van der Waals surface area (Å²) >= 11 is 1.71. The summed E-state index contributed by atoms with van der Waals surface area (Å²) in [5.74, 6) is 0.707. The van der Waals surface area contributed by atoms with Gasteiger partial charge in [0.25, 0.3) is 0 Å². The Labute approximate surface area is 122 Å². The summed E-state index contributed by atoms with van der Waals surface area (Å²) in [5.41, 5.74) is 11.8. The Morgan fingerprint density at radius 1 is 1.20 bits per heavy atom. The lowest BCUT2D eigenvalue weighted by Gasteiger charge is -2.05. The third-order valence-corrected chi connectivity index (χ3v) is 4.50. The molecule has 0 saturated carbocycles. The van der Waals surface area contributed by atoms with Crippen LogP contribution < -0.4 is 5.73 Å². The Balaban J connectivity index is 2.28. The van der Waals surface area contributed by atoms with Gasteiger partial charge in [0.15, 0.2) is 0 Å². The van der Waals surface area contributed by atoms with E-state index in [-0.39, 0.29) is 0 Å². The van der Waals surface area contributed by atoms with Gasteiger partial charge in [-0.3, -0.25) is 4.68 Å². The SMILES string of the molecule is Cc1cccc(-c2c(-c3sccc3C)nn(C)c2N)c1. The molecule has 0 aliphatic heterocycles. The fourth-order valence-electron chi connectivity index (χ4n) is 2.40. The lowest BCUT2D eigenvalue weighted by molar-refractivity contribution is 0.783. The Bertz CT molecular complexity index is 768. The van der Waals surface area contributed by atoms with Crippen molar-refractivity contribution >= 4 is 17.2 Å². The van der Waals surface area contributed by atoms with Crippen LogP contribution in [0.2, 0.25) is 0 Å². The van der Waals surface area contributed by atoms with E-state index in [1.807, 2.05) is 7.05 Å². The zero-order valence-corrected chi connectivity index (χ0v) is 12.7. The molecule has 20 heavy (non-hydrogen) atoms. The van der Waals surface area contributed by atoms with Crippen LogP contribution in [0.5, 0.6) is 0 Å². The maximum atomic E-state index is 6.25. The summed E-state index contributed by atoms with van der Waals surface area (Å²) < 4.78 is 1.76. The first-order chi connectivity index (χ1) is 9.58. The van der Waals surface area contributed by atoms with Crippen molar-refractivity contribution < 1.29 is 0 Å². The van der Waals surface area contributed by atoms with Crippen molar-refractivity contribution in [2.45, 2.75) is 13.8 Å². The van der Waals surface area contributed by atoms with E-state index in [4.69, 9.17) is 5.73 Å². The van der Waals surface area contributed by atoms with Gasteiger partial charge < -0.3 is 5.73 Å². The van der Waals surface area contributed by atoms with Crippen LogP contribution in [0.15, 0.2) is 35.7 Å². The van der Waals surface area contributed by atoms with Gasteiger partial charge in [-0.15, -0.1) is 11.3 Å². The molecule has 2 N–H and O–H groups in total. The number of thiophene rings is 1. The van der Waals surface area contributed by atoms with E-state index in [9.17, 15) is 0 Å². The number of hydrogen-bond donors (Lipinski definition) is 1. The van der Waals surface area contributed by atoms with Gasteiger partial charge in [-0.2, -0.15) is 5.10 Å². The van der Waals surface area contributed by atoms with Crippen molar-refractivity contribution in [3.8, 4) is 21.7 Å². The summed E-state index contributed by atoms with van der Waals surface area (Å²) in [6.45, 7) is 4.20. The molecular weight excluding hydrogens is 266 g/mol. The van der Waals surface area contributed by atoms with Gasteiger partial charge in [-0.05, 0) is 36.4 Å². The van der Waals surface area contributed by atoms with Gasteiger partial charge in [0.2, 0.25) is 0 Å². The highest BCUT2D eigenvalue weighted by Crippen LogP contribution is 2.39. The summed E-state index contributed by atoms with van der Waals surface area (Å²) in [5, 5.41) is 6.71. The van der Waals surface area contributed by atoms with Crippen molar-refractivity contribution in [1.82, 2.24) is 9.78 Å². The minimum atomic E-state index is 0.707. The zero-order chi connectivity index (χ0) is 14.3. The molecule has 3 rings (SSSR count). The van der Waals surface area contributed by atoms with Crippen LogP contribution in [0.1, 0.15) is 11.1 Å². The standard InChI is InChI=1S/C16H17N3S/c1-10-5-4-6-12(9-10)13-14(18-19(3)16(13)17)15-11(2)7-8-20-15/h4-9H,17H2,1-3H3. The van der Waals surface area contributed by atoms with E-state index in [2.05, 4.69) is 54.7 Å². The highest BCUT2D eigenvalue weighted by molar-refractivity contribution is 7.13. The van der Waals surface area contributed by atoms with Crippen LogP contribution in [0, 0.1) is 13.8 Å². The van der Waals surface area contributed by atoms with Crippen LogP contribution in [-0.4, -0.2) is 9.78 Å². The second-order valence-corrected chi connectivity index (χ2v) is 5.95. The number of hydrogen-bond acceptors (Lipinski definition) is 3. The van der Waals surface area contributed by atoms with E-state index in [0.717, 1.165) is 16.8 Å². The summed E-state index contributed by atoms with van der Waals surface area (Å²) in [4.78, 5) is 1.19. The van der Waals surface area contributed by atoms with E-state index < -0.39 is 0 Å². The van der Waals surface area contributed by atoms with Crippen LogP contribution in [-0.2, 0) is 7.05 Å². The minimum Gasteiger partial charge on any atom is -0.383 e. The first-order valence-corrected chi connectivity index (χ1v) is 7.40. The molecular formula is C16H17N3S. The molecule has 0 aliphatic carbocycles. The lowest BCUT2D eigenvalue weighted by atomic mass is 10.0. The highest BCUT2D eigenvalue weighted by Gasteiger charge is 2.19. The van der Waals surface area contributed by atoms with Crippen molar-refractivity contribution in [2.75, 3.05) is 5.73 Å². The molecule has 0 spiro atoms. The first-order valence-electron chi connectivity index (χ1n) is 6.52. The predicted molar refractivity (Wildman–Crippen MR) is 85.8 cm³/mol. The lowest BCUT2D eigenvalue weighted by Crippen LogP contribution is -1.98. The van der Waals surface area contributed by atoms with Crippen LogP contribution in [0.4, 0.5) is 5.82 Å². The highest BCUT2D eigenvalue weighted by atomic mass is 32.1. The van der Waals surface area contributed by atoms with E-state index in [1.54, 1.807) is 16.0 Å². The number of nitrogen functional groups attached to an aromatic ring is 1. The molecule has 1 aromatic carbocycles. The molecule has 0 fully saturated rings. The summed E-state index contributed by atoms with van der Waals surface area (Å²) in [6.07, 6.45) is 0. The number of aromatic nitrogens is 2. The van der Waals surface area contributed by atoms with Gasteiger partial charge in [0.1, 0.15) is 11.5 Å². The molecule has 102 valence electrons. The molecule has 3 aromatic rings. The summed E-state index contributed by atoms with van der Waals surface area (Å²) in [6, 6.07) is 10.5. The average molecular weight is 283 g/mol. The van der Waals surface area contributed by atoms with E-state index >= 15 is 0 Å². The maximum Gasteiger partial charge on any atom is 0.129 e. The molecule has 0 unspecified atom stereocenters. The first kappa shape index (κ1) is 12.9. The fourth-order valence-corrected chi connectivity index (χ4v) is 3.31. The number of aryl methyl sites for hydroxylation is 3. The molecule has 0 radical (unpaired) electrons. The van der Waals surface area contributed by atoms with Gasteiger partial charge >= 0.3 is 0 Å². The molecule has 0 saturated heterocycles. The Morgan fingerprint density at radius 2 is 2.00 bits per heavy atom. The second kappa shape index (κ2) is 4.80. The predicted octanol–water partition coefficient (Wildman–Crippen LogP) is 4.01. The molecule has 0 atom stereocenters. The molecule has 0 amide bonds. The largest absolute Gasteiger partial charge is 0.383 e. The average Bonchev–Trinajstić information content (AvgIpc) is 2.94. The maximum absolute atomic E-state index is 6.25. The van der Waals surface area contributed by atoms with Crippen LogP contribution in [0.3, 0.4) is 0 Å². The minimum absolute atomic E-state index is 0.707. The van der Waals surface area contributed by atoms with Gasteiger partial charge in [-0.25, -0.2) is 0 Å². The number of benzene rings is 1. The smallest absolute Gasteiger partial charge is 0.129 e. The van der Waals surface area contributed by atoms with E-state index in [1.165, 1.54) is 16.0 Å². The third kappa shape index (κ3) is 2.02. The van der Waals surface area contributed by atoms with Crippen molar-refractivity contribution in [3.63, 3.8) is 0 Å². The quantitative estimate of drug-likeness (QED) is 0.772. The number of anilines is 1. The second-order valence-electron chi connectivity index (χ2n) is 5.03. The van der Waals surface area contributed by atoms with E-state index in [0.29, 0.717) is 5.82 Å². The van der Waals surface area contributed by atoms with Crippen LogP contribution >= 0.6 is 11.3 Å². The number of nitrogens with zero attached hydrogens (tertiary/aromatic N) is 2. The molecule has 3 nitrogen and oxygen atoms in total. The Morgan fingerprint density at radius 3 is 2.65 bits per heavy atom. The summed E-state index contributed by atoms with van der Waals surface area (Å²) in [7, 11) is 1.89. The van der Waals surface area contributed by atoms with Gasteiger partial charge in [0.05, 0.1) is 10.4 Å². The normalized spacial score (nSPS) is 10.9. The van der Waals surface area contributed by atoms with Crippen LogP contribution in [0.25, 0.3) is 21.7 Å². The Kier molecular flexibility index (Phi) is 3.10. The number of nitrogens with two attached hydrogens (primary N) is 1. The van der Waals surface area contributed by atoms with Crippen molar-refractivity contribution in [3.05, 3.63) is 46.8 Å². The van der Waals surface area contributed by atoms with Crippen molar-refractivity contribution in [2.24, 2.45) is 7.05 Å². The van der Waals surface area contributed by atoms with Crippen molar-refractivity contribution in [1.29, 1.82) is 0 Å².